The maximum atomic E-state index is 11.3. The Bertz CT molecular complexity index is 365. The number of ether oxygens (including phenoxy) is 2. The summed E-state index contributed by atoms with van der Waals surface area (Å²) < 4.78 is 34.0. The molecule has 2 fully saturated rings. The lowest BCUT2D eigenvalue weighted by Gasteiger charge is -2.32. The fraction of sp³-hybridized carbons (Fsp3) is 1.00. The lowest BCUT2D eigenvalue weighted by Crippen LogP contribution is -2.30. The van der Waals surface area contributed by atoms with Crippen LogP contribution in [0.4, 0.5) is 0 Å². The molecule has 1 heterocycles. The third kappa shape index (κ3) is 3.68. The maximum Gasteiger partial charge on any atom is 0.158 e. The zero-order valence-electron chi connectivity index (χ0n) is 11.3. The molecule has 0 aromatic heterocycles. The van der Waals surface area contributed by atoms with Crippen LogP contribution >= 0.6 is 0 Å². The molecular weight excluding hydrogens is 252 g/mol. The van der Waals surface area contributed by atoms with Crippen molar-refractivity contribution in [1.29, 1.82) is 0 Å². The van der Waals surface area contributed by atoms with Gasteiger partial charge in [-0.15, -0.1) is 0 Å². The molecule has 4 atom stereocenters. The third-order valence-electron chi connectivity index (χ3n) is 4.15. The van der Waals surface area contributed by atoms with Gasteiger partial charge in [0.05, 0.1) is 11.9 Å². The van der Waals surface area contributed by atoms with Crippen molar-refractivity contribution < 1.29 is 17.9 Å². The maximum absolute atomic E-state index is 11.3. The molecule has 0 N–H and O–H groups in total. The van der Waals surface area contributed by atoms with Crippen LogP contribution in [0, 0.1) is 11.8 Å². The fourth-order valence-electron chi connectivity index (χ4n) is 3.32. The first-order valence-corrected chi connectivity index (χ1v) is 9.00. The highest BCUT2D eigenvalue weighted by atomic mass is 32.2. The summed E-state index contributed by atoms with van der Waals surface area (Å²) >= 11 is 0. The quantitative estimate of drug-likeness (QED) is 0.770. The summed E-state index contributed by atoms with van der Waals surface area (Å²) in [6, 6.07) is 0. The van der Waals surface area contributed by atoms with Crippen molar-refractivity contribution in [2.45, 2.75) is 51.4 Å². The summed E-state index contributed by atoms with van der Waals surface area (Å²) in [5, 5.41) is 0. The van der Waals surface area contributed by atoms with Gasteiger partial charge in [0.15, 0.2) is 6.29 Å². The molecule has 2 rings (SSSR count). The zero-order chi connectivity index (χ0) is 13.2. The normalized spacial score (nSPS) is 36.6. The smallest absolute Gasteiger partial charge is 0.158 e. The minimum Gasteiger partial charge on any atom is -0.353 e. The monoisotopic (exact) mass is 276 g/mol. The van der Waals surface area contributed by atoms with Crippen LogP contribution in [0.15, 0.2) is 0 Å². The van der Waals surface area contributed by atoms with Crippen LogP contribution in [0.3, 0.4) is 0 Å². The SMILES string of the molecule is CCOC1CC2C(CCS(C)(=O)=O)CCCC2O1. The van der Waals surface area contributed by atoms with Gasteiger partial charge in [0.1, 0.15) is 9.84 Å². The number of fused-ring (bicyclic) bond motifs is 1. The van der Waals surface area contributed by atoms with Crippen molar-refractivity contribution in [3.05, 3.63) is 0 Å². The predicted octanol–water partition coefficient (Wildman–Crippen LogP) is 1.99. The van der Waals surface area contributed by atoms with Gasteiger partial charge in [-0.2, -0.15) is 0 Å². The molecule has 0 radical (unpaired) electrons. The largest absolute Gasteiger partial charge is 0.353 e. The van der Waals surface area contributed by atoms with E-state index < -0.39 is 9.84 Å². The van der Waals surface area contributed by atoms with Crippen molar-refractivity contribution in [1.82, 2.24) is 0 Å². The molecule has 0 bridgehead atoms. The highest BCUT2D eigenvalue weighted by Gasteiger charge is 2.42. The Kier molecular flexibility index (Phi) is 4.67. The van der Waals surface area contributed by atoms with Gasteiger partial charge in [0.25, 0.3) is 0 Å². The van der Waals surface area contributed by atoms with Gasteiger partial charge in [0.2, 0.25) is 0 Å². The van der Waals surface area contributed by atoms with E-state index in [9.17, 15) is 8.42 Å². The molecule has 0 aromatic rings. The molecule has 4 nitrogen and oxygen atoms in total. The standard InChI is InChI=1S/C13H24O4S/c1-3-16-13-9-11-10(7-8-18(2,14)15)5-4-6-12(11)17-13/h10-13H,3-9H2,1-2H3. The number of rotatable bonds is 5. The topological polar surface area (TPSA) is 52.6 Å². The number of hydrogen-bond acceptors (Lipinski definition) is 4. The Morgan fingerprint density at radius 2 is 2.11 bits per heavy atom. The summed E-state index contributed by atoms with van der Waals surface area (Å²) in [4.78, 5) is 0. The minimum atomic E-state index is -2.85. The van der Waals surface area contributed by atoms with Gasteiger partial charge in [0, 0.05) is 19.3 Å². The van der Waals surface area contributed by atoms with E-state index in [2.05, 4.69) is 0 Å². The van der Waals surface area contributed by atoms with Crippen molar-refractivity contribution in [3.63, 3.8) is 0 Å². The summed E-state index contributed by atoms with van der Waals surface area (Å²) in [5.41, 5.74) is 0. The lowest BCUT2D eigenvalue weighted by molar-refractivity contribution is -0.134. The van der Waals surface area contributed by atoms with Gasteiger partial charge < -0.3 is 9.47 Å². The van der Waals surface area contributed by atoms with Crippen LogP contribution in [0.5, 0.6) is 0 Å². The molecular formula is C13H24O4S. The first kappa shape index (κ1) is 14.3. The Morgan fingerprint density at radius 3 is 2.78 bits per heavy atom. The molecule has 4 unspecified atom stereocenters. The van der Waals surface area contributed by atoms with Crippen molar-refractivity contribution in [2.24, 2.45) is 11.8 Å². The van der Waals surface area contributed by atoms with E-state index >= 15 is 0 Å². The van der Waals surface area contributed by atoms with Gasteiger partial charge in [-0.1, -0.05) is 6.42 Å². The third-order valence-corrected chi connectivity index (χ3v) is 5.13. The van der Waals surface area contributed by atoms with Crippen LogP contribution in [-0.4, -0.2) is 39.4 Å². The van der Waals surface area contributed by atoms with E-state index in [1.807, 2.05) is 6.92 Å². The van der Waals surface area contributed by atoms with Crippen LogP contribution in [0.1, 0.15) is 39.0 Å². The second-order valence-electron chi connectivity index (χ2n) is 5.57. The van der Waals surface area contributed by atoms with Crippen molar-refractivity contribution in [3.8, 4) is 0 Å². The average molecular weight is 276 g/mol. The summed E-state index contributed by atoms with van der Waals surface area (Å²) in [6.45, 7) is 2.66. The second kappa shape index (κ2) is 5.88. The van der Waals surface area contributed by atoms with E-state index in [0.29, 0.717) is 30.3 Å². The molecule has 0 amide bonds. The number of sulfone groups is 1. The molecule has 1 saturated carbocycles. The summed E-state index contributed by atoms with van der Waals surface area (Å²) in [5.74, 6) is 1.29. The fourth-order valence-corrected chi connectivity index (χ4v) is 4.05. The van der Waals surface area contributed by atoms with E-state index in [0.717, 1.165) is 32.1 Å². The van der Waals surface area contributed by atoms with E-state index in [1.54, 1.807) is 0 Å². The molecule has 1 aliphatic carbocycles. The molecule has 1 saturated heterocycles. The first-order valence-electron chi connectivity index (χ1n) is 6.94. The minimum absolute atomic E-state index is 0.0659. The van der Waals surface area contributed by atoms with E-state index in [-0.39, 0.29) is 6.29 Å². The van der Waals surface area contributed by atoms with Gasteiger partial charge >= 0.3 is 0 Å². The van der Waals surface area contributed by atoms with Crippen LogP contribution in [-0.2, 0) is 19.3 Å². The highest BCUT2D eigenvalue weighted by Crippen LogP contribution is 2.42. The molecule has 18 heavy (non-hydrogen) atoms. The highest BCUT2D eigenvalue weighted by molar-refractivity contribution is 7.90. The Hall–Kier alpha value is -0.130. The van der Waals surface area contributed by atoms with Crippen LogP contribution < -0.4 is 0 Å². The molecule has 0 spiro atoms. The van der Waals surface area contributed by atoms with Crippen LogP contribution in [0.2, 0.25) is 0 Å². The van der Waals surface area contributed by atoms with Crippen LogP contribution in [0.25, 0.3) is 0 Å². The van der Waals surface area contributed by atoms with Gasteiger partial charge in [-0.05, 0) is 38.0 Å². The Balaban J connectivity index is 1.91. The summed E-state index contributed by atoms with van der Waals surface area (Å²) in [6.07, 6.45) is 6.65. The molecule has 1 aliphatic heterocycles. The van der Waals surface area contributed by atoms with E-state index in [4.69, 9.17) is 9.47 Å². The number of hydrogen-bond donors (Lipinski definition) is 0. The molecule has 5 heteroatoms. The average Bonchev–Trinajstić information content (AvgIpc) is 2.68. The summed E-state index contributed by atoms with van der Waals surface area (Å²) in [7, 11) is -2.85. The lowest BCUT2D eigenvalue weighted by atomic mass is 9.75. The molecule has 0 aromatic carbocycles. The van der Waals surface area contributed by atoms with E-state index in [1.165, 1.54) is 6.26 Å². The second-order valence-corrected chi connectivity index (χ2v) is 7.83. The Labute approximate surface area is 110 Å². The molecule has 106 valence electrons. The van der Waals surface area contributed by atoms with Gasteiger partial charge in [-0.25, -0.2) is 8.42 Å². The van der Waals surface area contributed by atoms with Gasteiger partial charge in [-0.3, -0.25) is 0 Å². The first-order chi connectivity index (χ1) is 8.49. The van der Waals surface area contributed by atoms with Crippen molar-refractivity contribution >= 4 is 9.84 Å². The predicted molar refractivity (Wildman–Crippen MR) is 70.1 cm³/mol. The Morgan fingerprint density at radius 1 is 1.33 bits per heavy atom. The van der Waals surface area contributed by atoms with Crippen molar-refractivity contribution in [2.75, 3.05) is 18.6 Å². The molecule has 2 aliphatic rings. The zero-order valence-corrected chi connectivity index (χ0v) is 12.1.